The lowest BCUT2D eigenvalue weighted by atomic mass is 10.2. The molecule has 0 aliphatic carbocycles. The van der Waals surface area contributed by atoms with E-state index in [0.29, 0.717) is 23.0 Å². The molecule has 0 aliphatic rings. The number of aryl methyl sites for hydroxylation is 1. The standard InChI is InChI=1S/C16H12N6O2/c1-10-6-15(22-24-10)21-16(23)13-7-14(19-9-18-13)20-12-4-2-11(8-17)3-5-12/h2-7,9H,1H3,(H,18,19,20)(H,21,22,23). The monoisotopic (exact) mass is 320 g/mol. The lowest BCUT2D eigenvalue weighted by Gasteiger charge is -2.06. The van der Waals surface area contributed by atoms with Crippen molar-refractivity contribution in [2.45, 2.75) is 6.92 Å². The van der Waals surface area contributed by atoms with Crippen LogP contribution in [0.25, 0.3) is 0 Å². The first-order valence-electron chi connectivity index (χ1n) is 6.98. The second-order valence-corrected chi connectivity index (χ2v) is 4.88. The van der Waals surface area contributed by atoms with Gasteiger partial charge in [-0.15, -0.1) is 0 Å². The summed E-state index contributed by atoms with van der Waals surface area (Å²) in [7, 11) is 0. The summed E-state index contributed by atoms with van der Waals surface area (Å²) in [5, 5.41) is 18.1. The first-order valence-corrected chi connectivity index (χ1v) is 6.98. The molecule has 0 saturated heterocycles. The summed E-state index contributed by atoms with van der Waals surface area (Å²) in [4.78, 5) is 20.2. The molecular weight excluding hydrogens is 308 g/mol. The summed E-state index contributed by atoms with van der Waals surface area (Å²) < 4.78 is 4.89. The zero-order chi connectivity index (χ0) is 16.9. The van der Waals surface area contributed by atoms with Crippen LogP contribution in [0.5, 0.6) is 0 Å². The molecule has 0 radical (unpaired) electrons. The largest absolute Gasteiger partial charge is 0.360 e. The molecule has 3 rings (SSSR count). The number of benzene rings is 1. The number of aromatic nitrogens is 3. The Balaban J connectivity index is 1.73. The van der Waals surface area contributed by atoms with E-state index in [1.54, 1.807) is 37.3 Å². The summed E-state index contributed by atoms with van der Waals surface area (Å²) in [6.07, 6.45) is 1.29. The maximum absolute atomic E-state index is 12.2. The Hall–Kier alpha value is -3.73. The number of nitrogens with zero attached hydrogens (tertiary/aromatic N) is 4. The summed E-state index contributed by atoms with van der Waals surface area (Å²) in [6.45, 7) is 1.73. The van der Waals surface area contributed by atoms with Crippen LogP contribution >= 0.6 is 0 Å². The van der Waals surface area contributed by atoms with Gasteiger partial charge in [-0.1, -0.05) is 5.16 Å². The van der Waals surface area contributed by atoms with Gasteiger partial charge in [0.1, 0.15) is 23.6 Å². The molecule has 0 saturated carbocycles. The van der Waals surface area contributed by atoms with E-state index in [2.05, 4.69) is 25.8 Å². The number of anilines is 3. The van der Waals surface area contributed by atoms with Crippen molar-refractivity contribution < 1.29 is 9.32 Å². The molecule has 1 amide bonds. The van der Waals surface area contributed by atoms with Gasteiger partial charge < -0.3 is 15.2 Å². The molecule has 2 N–H and O–H groups in total. The normalized spacial score (nSPS) is 10.0. The van der Waals surface area contributed by atoms with Crippen LogP contribution in [0.2, 0.25) is 0 Å². The lowest BCUT2D eigenvalue weighted by Crippen LogP contribution is -2.14. The van der Waals surface area contributed by atoms with Gasteiger partial charge in [0.2, 0.25) is 0 Å². The van der Waals surface area contributed by atoms with Gasteiger partial charge in [-0.25, -0.2) is 9.97 Å². The number of hydrogen-bond donors (Lipinski definition) is 2. The van der Waals surface area contributed by atoms with Gasteiger partial charge in [-0.3, -0.25) is 4.79 Å². The quantitative estimate of drug-likeness (QED) is 0.758. The molecule has 0 spiro atoms. The van der Waals surface area contributed by atoms with Gasteiger partial charge in [-0.2, -0.15) is 5.26 Å². The summed E-state index contributed by atoms with van der Waals surface area (Å²) >= 11 is 0. The van der Waals surface area contributed by atoms with Gasteiger partial charge in [0.25, 0.3) is 5.91 Å². The van der Waals surface area contributed by atoms with Crippen molar-refractivity contribution in [1.82, 2.24) is 15.1 Å². The van der Waals surface area contributed by atoms with Gasteiger partial charge in [0.15, 0.2) is 5.82 Å². The minimum absolute atomic E-state index is 0.182. The number of amides is 1. The number of hydrogen-bond acceptors (Lipinski definition) is 7. The highest BCUT2D eigenvalue weighted by Gasteiger charge is 2.11. The average Bonchev–Trinajstić information content (AvgIpc) is 3.00. The summed E-state index contributed by atoms with van der Waals surface area (Å²) in [5.74, 6) is 0.943. The Kier molecular flexibility index (Phi) is 4.16. The predicted octanol–water partition coefficient (Wildman–Crippen LogP) is 2.64. The van der Waals surface area contributed by atoms with Crippen molar-refractivity contribution in [1.29, 1.82) is 5.26 Å². The topological polar surface area (TPSA) is 117 Å². The third-order valence-corrected chi connectivity index (χ3v) is 3.06. The van der Waals surface area contributed by atoms with E-state index in [0.717, 1.165) is 5.69 Å². The van der Waals surface area contributed by atoms with Crippen LogP contribution in [0.3, 0.4) is 0 Å². The molecule has 24 heavy (non-hydrogen) atoms. The van der Waals surface area contributed by atoms with Crippen LogP contribution in [0.1, 0.15) is 21.8 Å². The van der Waals surface area contributed by atoms with E-state index < -0.39 is 5.91 Å². The molecule has 0 unspecified atom stereocenters. The molecule has 0 bridgehead atoms. The smallest absolute Gasteiger partial charge is 0.275 e. The van der Waals surface area contributed by atoms with E-state index in [1.165, 1.54) is 12.4 Å². The van der Waals surface area contributed by atoms with Gasteiger partial charge in [-0.05, 0) is 31.2 Å². The fourth-order valence-electron chi connectivity index (χ4n) is 1.93. The zero-order valence-corrected chi connectivity index (χ0v) is 12.6. The number of nitriles is 1. The van der Waals surface area contributed by atoms with Crippen molar-refractivity contribution in [3.63, 3.8) is 0 Å². The number of carbonyl (C=O) groups excluding carboxylic acids is 1. The van der Waals surface area contributed by atoms with Crippen LogP contribution in [0.4, 0.5) is 17.3 Å². The van der Waals surface area contributed by atoms with Crippen LogP contribution < -0.4 is 10.6 Å². The molecule has 0 atom stereocenters. The van der Waals surface area contributed by atoms with Crippen molar-refractivity contribution in [2.75, 3.05) is 10.6 Å². The molecule has 3 aromatic rings. The van der Waals surface area contributed by atoms with E-state index >= 15 is 0 Å². The molecule has 0 fully saturated rings. The Labute approximate surface area is 137 Å². The van der Waals surface area contributed by atoms with Crippen molar-refractivity contribution in [3.05, 3.63) is 59.7 Å². The molecule has 0 aliphatic heterocycles. The van der Waals surface area contributed by atoms with E-state index in [9.17, 15) is 4.79 Å². The van der Waals surface area contributed by atoms with Gasteiger partial charge in [0.05, 0.1) is 11.6 Å². The summed E-state index contributed by atoms with van der Waals surface area (Å²) in [5.41, 5.74) is 1.49. The second-order valence-electron chi connectivity index (χ2n) is 4.88. The van der Waals surface area contributed by atoms with Crippen LogP contribution in [-0.4, -0.2) is 21.0 Å². The highest BCUT2D eigenvalue weighted by atomic mass is 16.5. The van der Waals surface area contributed by atoms with E-state index in [4.69, 9.17) is 9.78 Å². The molecule has 2 aromatic heterocycles. The zero-order valence-electron chi connectivity index (χ0n) is 12.6. The Morgan fingerprint density at radius 3 is 2.62 bits per heavy atom. The fraction of sp³-hybridized carbons (Fsp3) is 0.0625. The minimum Gasteiger partial charge on any atom is -0.360 e. The Morgan fingerprint density at radius 2 is 1.96 bits per heavy atom. The maximum Gasteiger partial charge on any atom is 0.275 e. The first-order chi connectivity index (χ1) is 11.6. The summed E-state index contributed by atoms with van der Waals surface area (Å²) in [6, 6.07) is 12.0. The molecule has 118 valence electrons. The number of carbonyl (C=O) groups is 1. The van der Waals surface area contributed by atoms with Crippen molar-refractivity contribution in [3.8, 4) is 6.07 Å². The molecule has 8 nitrogen and oxygen atoms in total. The van der Waals surface area contributed by atoms with E-state index in [-0.39, 0.29) is 5.69 Å². The van der Waals surface area contributed by atoms with Gasteiger partial charge in [0, 0.05) is 17.8 Å². The lowest BCUT2D eigenvalue weighted by molar-refractivity contribution is 0.102. The SMILES string of the molecule is Cc1cc(NC(=O)c2cc(Nc3ccc(C#N)cc3)ncn2)no1. The molecular formula is C16H12N6O2. The number of nitrogens with one attached hydrogen (secondary N) is 2. The fourth-order valence-corrected chi connectivity index (χ4v) is 1.93. The Bertz CT molecular complexity index is 911. The highest BCUT2D eigenvalue weighted by Crippen LogP contribution is 2.16. The second kappa shape index (κ2) is 6.58. The van der Waals surface area contributed by atoms with E-state index in [1.807, 2.05) is 6.07 Å². The predicted molar refractivity (Wildman–Crippen MR) is 85.7 cm³/mol. The van der Waals surface area contributed by atoms with Gasteiger partial charge >= 0.3 is 0 Å². The molecule has 1 aromatic carbocycles. The third kappa shape index (κ3) is 3.53. The maximum atomic E-state index is 12.2. The molecule has 2 heterocycles. The van der Waals surface area contributed by atoms with Crippen LogP contribution in [0.15, 0.2) is 47.2 Å². The van der Waals surface area contributed by atoms with Crippen molar-refractivity contribution in [2.24, 2.45) is 0 Å². The highest BCUT2D eigenvalue weighted by molar-refractivity contribution is 6.02. The third-order valence-electron chi connectivity index (χ3n) is 3.06. The molecule has 8 heteroatoms. The first kappa shape index (κ1) is 15.2. The van der Waals surface area contributed by atoms with Crippen LogP contribution in [0, 0.1) is 18.3 Å². The minimum atomic E-state index is -0.423. The van der Waals surface area contributed by atoms with Crippen LogP contribution in [-0.2, 0) is 0 Å². The average molecular weight is 320 g/mol. The number of rotatable bonds is 4. The van der Waals surface area contributed by atoms with Crippen molar-refractivity contribution >= 4 is 23.2 Å². The Morgan fingerprint density at radius 1 is 1.17 bits per heavy atom.